The number of rotatable bonds is 5. The third-order valence-electron chi connectivity index (χ3n) is 2.39. The van der Waals surface area contributed by atoms with Crippen LogP contribution in [-0.2, 0) is 9.47 Å². The fourth-order valence-corrected chi connectivity index (χ4v) is 4.20. The van der Waals surface area contributed by atoms with Crippen LogP contribution in [0.3, 0.4) is 0 Å². The molecular weight excluding hydrogens is 264 g/mol. The van der Waals surface area contributed by atoms with E-state index in [-0.39, 0.29) is 0 Å². The Balaban J connectivity index is 2.10. The van der Waals surface area contributed by atoms with E-state index < -0.39 is 0 Å². The van der Waals surface area contributed by atoms with Crippen LogP contribution in [0.2, 0.25) is 0 Å². The topological polar surface area (TPSA) is 18.5 Å². The van der Waals surface area contributed by atoms with E-state index in [4.69, 9.17) is 9.47 Å². The Morgan fingerprint density at radius 2 is 1.50 bits per heavy atom. The highest BCUT2D eigenvalue weighted by Crippen LogP contribution is 2.49. The van der Waals surface area contributed by atoms with Crippen LogP contribution in [0, 0.1) is 0 Å². The first-order valence-electron chi connectivity index (χ1n) is 5.66. The van der Waals surface area contributed by atoms with Crippen molar-refractivity contribution in [1.82, 2.24) is 0 Å². The summed E-state index contributed by atoms with van der Waals surface area (Å²) in [6.07, 6.45) is 2.20. The largest absolute Gasteiger partial charge is 0.379 e. The van der Waals surface area contributed by atoms with Gasteiger partial charge in [0.05, 0.1) is 17.5 Å². The van der Waals surface area contributed by atoms with Gasteiger partial charge in [0, 0.05) is 24.0 Å². The summed E-state index contributed by atoms with van der Waals surface area (Å²) in [5, 5.41) is 0. The number of hydrogen-bond acceptors (Lipinski definition) is 4. The van der Waals surface area contributed by atoms with Crippen LogP contribution >= 0.6 is 23.5 Å². The summed E-state index contributed by atoms with van der Waals surface area (Å²) in [6, 6.07) is 10.4. The van der Waals surface area contributed by atoms with Gasteiger partial charge in [-0.15, -0.1) is 0 Å². The zero-order chi connectivity index (χ0) is 12.8. The molecule has 0 atom stereocenters. The summed E-state index contributed by atoms with van der Waals surface area (Å²) in [4.78, 5) is 2.51. The van der Waals surface area contributed by atoms with Gasteiger partial charge in [-0.2, -0.15) is 0 Å². The molecule has 0 bridgehead atoms. The number of thioether (sulfide) groups is 2. The molecule has 2 nitrogen and oxygen atoms in total. The zero-order valence-electron chi connectivity index (χ0n) is 10.5. The third-order valence-corrected chi connectivity index (χ3v) is 4.88. The number of hydrogen-bond donors (Lipinski definition) is 0. The minimum absolute atomic E-state index is 0.655. The SMILES string of the molecule is COCC1=C(COC)SC(=Cc2ccccc2)S1. The lowest BCUT2D eigenvalue weighted by Gasteiger charge is -2.01. The molecule has 96 valence electrons. The van der Waals surface area contributed by atoms with Gasteiger partial charge < -0.3 is 9.47 Å². The maximum absolute atomic E-state index is 5.23. The molecule has 0 spiro atoms. The summed E-state index contributed by atoms with van der Waals surface area (Å²) < 4.78 is 11.7. The zero-order valence-corrected chi connectivity index (χ0v) is 12.1. The molecule has 1 aromatic rings. The van der Waals surface area contributed by atoms with Gasteiger partial charge >= 0.3 is 0 Å². The van der Waals surface area contributed by atoms with Crippen molar-refractivity contribution in [1.29, 1.82) is 0 Å². The fourth-order valence-electron chi connectivity index (χ4n) is 1.60. The van der Waals surface area contributed by atoms with Crippen LogP contribution in [0.25, 0.3) is 6.08 Å². The first kappa shape index (κ1) is 13.7. The second kappa shape index (κ2) is 7.04. The molecule has 0 amide bonds. The van der Waals surface area contributed by atoms with Gasteiger partial charge in [0.25, 0.3) is 0 Å². The highest BCUT2D eigenvalue weighted by molar-refractivity contribution is 8.28. The van der Waals surface area contributed by atoms with E-state index in [1.165, 1.54) is 19.6 Å². The van der Waals surface area contributed by atoms with Crippen LogP contribution in [0.5, 0.6) is 0 Å². The normalized spacial score (nSPS) is 15.3. The minimum Gasteiger partial charge on any atom is -0.379 e. The van der Waals surface area contributed by atoms with Crippen LogP contribution < -0.4 is 0 Å². The minimum atomic E-state index is 0.655. The number of methoxy groups -OCH3 is 2. The van der Waals surface area contributed by atoms with Crippen molar-refractivity contribution in [3.8, 4) is 0 Å². The Bertz CT molecular complexity index is 432. The third kappa shape index (κ3) is 3.65. The van der Waals surface area contributed by atoms with Crippen LogP contribution in [0.4, 0.5) is 0 Å². The summed E-state index contributed by atoms with van der Waals surface area (Å²) in [6.45, 7) is 1.31. The molecule has 0 N–H and O–H groups in total. The number of ether oxygens (including phenoxy) is 2. The molecule has 0 saturated carbocycles. The smallest absolute Gasteiger partial charge is 0.0784 e. The summed E-state index contributed by atoms with van der Waals surface area (Å²) in [7, 11) is 3.45. The lowest BCUT2D eigenvalue weighted by atomic mass is 10.2. The Hall–Kier alpha value is -0.680. The molecule has 1 aliphatic heterocycles. The summed E-state index contributed by atoms with van der Waals surface area (Å²) >= 11 is 3.55. The Morgan fingerprint density at radius 1 is 0.944 bits per heavy atom. The fraction of sp³-hybridized carbons (Fsp3) is 0.286. The predicted octanol–water partition coefficient (Wildman–Crippen LogP) is 3.97. The molecule has 0 saturated heterocycles. The van der Waals surface area contributed by atoms with Crippen molar-refractivity contribution in [2.45, 2.75) is 0 Å². The van der Waals surface area contributed by atoms with Crippen molar-refractivity contribution in [3.05, 3.63) is 49.9 Å². The Labute approximate surface area is 116 Å². The van der Waals surface area contributed by atoms with Gasteiger partial charge in [-0.05, 0) is 11.6 Å². The molecule has 0 radical (unpaired) electrons. The highest BCUT2D eigenvalue weighted by Gasteiger charge is 2.20. The predicted molar refractivity (Wildman–Crippen MR) is 80.4 cm³/mol. The van der Waals surface area contributed by atoms with E-state index in [9.17, 15) is 0 Å². The van der Waals surface area contributed by atoms with Crippen molar-refractivity contribution in [2.75, 3.05) is 27.4 Å². The van der Waals surface area contributed by atoms with E-state index in [2.05, 4.69) is 30.3 Å². The van der Waals surface area contributed by atoms with Crippen molar-refractivity contribution in [3.63, 3.8) is 0 Å². The lowest BCUT2D eigenvalue weighted by molar-refractivity contribution is 0.220. The molecule has 1 aromatic carbocycles. The van der Waals surface area contributed by atoms with Gasteiger partial charge in [0.1, 0.15) is 0 Å². The van der Waals surface area contributed by atoms with E-state index in [0.29, 0.717) is 13.2 Å². The molecule has 1 aliphatic rings. The molecule has 18 heavy (non-hydrogen) atoms. The average molecular weight is 280 g/mol. The molecular formula is C14H16O2S2. The van der Waals surface area contributed by atoms with Crippen molar-refractivity contribution in [2.24, 2.45) is 0 Å². The standard InChI is InChI=1S/C14H16O2S2/c1-15-9-12-13(10-16-2)18-14(17-12)8-11-6-4-3-5-7-11/h3-8H,9-10H2,1-2H3. The second-order valence-electron chi connectivity index (χ2n) is 3.79. The second-order valence-corrected chi connectivity index (χ2v) is 6.32. The molecule has 0 aromatic heterocycles. The summed E-state index contributed by atoms with van der Waals surface area (Å²) in [5.74, 6) is 0. The molecule has 4 heteroatoms. The Morgan fingerprint density at radius 3 is 2.00 bits per heavy atom. The van der Waals surface area contributed by atoms with E-state index >= 15 is 0 Å². The molecule has 0 aliphatic carbocycles. The van der Waals surface area contributed by atoms with Gasteiger partial charge in [0.15, 0.2) is 0 Å². The maximum Gasteiger partial charge on any atom is 0.0784 e. The molecule has 2 rings (SSSR count). The van der Waals surface area contributed by atoms with E-state index in [1.807, 2.05) is 6.07 Å². The first-order chi connectivity index (χ1) is 8.83. The van der Waals surface area contributed by atoms with Crippen molar-refractivity contribution < 1.29 is 9.47 Å². The Kier molecular flexibility index (Phi) is 5.38. The van der Waals surface area contributed by atoms with Gasteiger partial charge in [-0.3, -0.25) is 0 Å². The maximum atomic E-state index is 5.23. The quantitative estimate of drug-likeness (QED) is 0.812. The lowest BCUT2D eigenvalue weighted by Crippen LogP contribution is -1.95. The average Bonchev–Trinajstić information content (AvgIpc) is 2.74. The first-order valence-corrected chi connectivity index (χ1v) is 7.29. The monoisotopic (exact) mass is 280 g/mol. The van der Waals surface area contributed by atoms with Crippen LogP contribution in [-0.4, -0.2) is 27.4 Å². The van der Waals surface area contributed by atoms with E-state index in [1.54, 1.807) is 37.7 Å². The van der Waals surface area contributed by atoms with Gasteiger partial charge in [-0.25, -0.2) is 0 Å². The van der Waals surface area contributed by atoms with Crippen LogP contribution in [0.15, 0.2) is 44.4 Å². The molecule has 0 unspecified atom stereocenters. The molecule has 1 heterocycles. The van der Waals surface area contributed by atoms with Gasteiger partial charge in [-0.1, -0.05) is 53.9 Å². The summed E-state index contributed by atoms with van der Waals surface area (Å²) in [5.41, 5.74) is 1.22. The van der Waals surface area contributed by atoms with Crippen molar-refractivity contribution >= 4 is 29.6 Å². The molecule has 0 fully saturated rings. The van der Waals surface area contributed by atoms with E-state index in [0.717, 1.165) is 0 Å². The van der Waals surface area contributed by atoms with Gasteiger partial charge in [0.2, 0.25) is 0 Å². The highest BCUT2D eigenvalue weighted by atomic mass is 32.2. The van der Waals surface area contributed by atoms with Crippen LogP contribution in [0.1, 0.15) is 5.56 Å². The number of benzene rings is 1.